The molecule has 2 aliphatic heterocycles. The highest BCUT2D eigenvalue weighted by Crippen LogP contribution is 2.26. The van der Waals surface area contributed by atoms with Crippen LogP contribution < -0.4 is 10.1 Å². The molecular weight excluding hydrogens is 380 g/mol. The average molecular weight is 397 g/mol. The van der Waals surface area contributed by atoms with Gasteiger partial charge in [-0.1, -0.05) is 18.2 Å². The molecule has 0 spiro atoms. The van der Waals surface area contributed by atoms with E-state index in [-0.39, 0.29) is 13.2 Å². The van der Waals surface area contributed by atoms with Gasteiger partial charge in [0.1, 0.15) is 18.5 Å². The van der Waals surface area contributed by atoms with E-state index in [1.807, 2.05) is 18.2 Å². The van der Waals surface area contributed by atoms with Gasteiger partial charge in [0.2, 0.25) is 0 Å². The molecule has 24 heavy (non-hydrogen) atoms. The summed E-state index contributed by atoms with van der Waals surface area (Å²) >= 11 is 3.30. The van der Waals surface area contributed by atoms with Gasteiger partial charge in [-0.05, 0) is 28.1 Å². The number of aliphatic imine (C=N–C) groups is 1. The molecule has 3 atom stereocenters. The van der Waals surface area contributed by atoms with E-state index >= 15 is 0 Å². The third kappa shape index (κ3) is 3.22. The number of β-amino-alcohol motifs (C(OH)–C–C–N with tert-alkyl or cyclic N) is 1. The van der Waals surface area contributed by atoms with Crippen molar-refractivity contribution in [3.8, 4) is 5.75 Å². The lowest BCUT2D eigenvalue weighted by atomic mass is 10.1. The number of fused-ring (bicyclic) bond motifs is 1. The van der Waals surface area contributed by atoms with Gasteiger partial charge < -0.3 is 19.6 Å². The molecule has 1 fully saturated rings. The van der Waals surface area contributed by atoms with E-state index in [9.17, 15) is 14.7 Å². The number of likely N-dealkylation sites (N-methyl/N-ethyl adjacent to an activating group) is 1. The Hall–Kier alpha value is -2.13. The van der Waals surface area contributed by atoms with Crippen LogP contribution in [0.2, 0.25) is 0 Å². The summed E-state index contributed by atoms with van der Waals surface area (Å²) in [6, 6.07) is 8.00. The number of halogens is 1. The molecule has 2 aliphatic rings. The zero-order chi connectivity index (χ0) is 17.3. The maximum absolute atomic E-state index is 12.1. The zero-order valence-corrected chi connectivity index (χ0v) is 14.5. The van der Waals surface area contributed by atoms with Crippen molar-refractivity contribution in [3.05, 3.63) is 30.3 Å². The fraction of sp³-hybridized carbons (Fsp3) is 0.400. The highest BCUT2D eigenvalue weighted by molar-refractivity contribution is 9.18. The topological polar surface area (TPSA) is 94.5 Å². The number of amides is 3. The Bertz CT molecular complexity index is 669. The number of imide groups is 1. The number of carbonyl (C=O) groups excluding carboxylic acids is 2. The SMILES string of the molecule is CN1C(=O)NC(=O)C2C1N=C(Br)N2CC(O)COc1ccccc1. The number of nitrogens with one attached hydrogen (secondary N) is 1. The molecule has 3 rings (SSSR count). The first-order valence-electron chi connectivity index (χ1n) is 7.41. The molecule has 2 N–H and O–H groups in total. The predicted octanol–water partition coefficient (Wildman–Crippen LogP) is 0.369. The van der Waals surface area contributed by atoms with Crippen molar-refractivity contribution >= 4 is 32.6 Å². The first-order chi connectivity index (χ1) is 11.5. The van der Waals surface area contributed by atoms with Gasteiger partial charge in [-0.2, -0.15) is 0 Å². The third-order valence-corrected chi connectivity index (χ3v) is 4.56. The van der Waals surface area contributed by atoms with Crippen molar-refractivity contribution in [2.24, 2.45) is 4.99 Å². The fourth-order valence-electron chi connectivity index (χ4n) is 2.67. The lowest BCUT2D eigenvalue weighted by molar-refractivity contribution is -0.127. The van der Waals surface area contributed by atoms with Gasteiger partial charge >= 0.3 is 6.03 Å². The van der Waals surface area contributed by atoms with Crippen molar-refractivity contribution < 1.29 is 19.4 Å². The molecule has 1 aromatic carbocycles. The molecule has 0 aliphatic carbocycles. The van der Waals surface area contributed by atoms with Gasteiger partial charge in [0.25, 0.3) is 5.91 Å². The second-order valence-corrected chi connectivity index (χ2v) is 6.30. The van der Waals surface area contributed by atoms with E-state index < -0.39 is 30.2 Å². The number of para-hydroxylation sites is 1. The highest BCUT2D eigenvalue weighted by atomic mass is 79.9. The maximum atomic E-state index is 12.1. The maximum Gasteiger partial charge on any atom is 0.325 e. The Balaban J connectivity index is 1.63. The molecule has 0 radical (unpaired) electrons. The Morgan fingerprint density at radius 3 is 2.79 bits per heavy atom. The monoisotopic (exact) mass is 396 g/mol. The summed E-state index contributed by atoms with van der Waals surface area (Å²) in [5, 5.41) is 12.5. The number of hydrogen-bond acceptors (Lipinski definition) is 6. The van der Waals surface area contributed by atoms with E-state index in [2.05, 4.69) is 26.2 Å². The molecule has 8 nitrogen and oxygen atoms in total. The second-order valence-electron chi connectivity index (χ2n) is 5.59. The highest BCUT2D eigenvalue weighted by Gasteiger charge is 2.48. The van der Waals surface area contributed by atoms with Gasteiger partial charge in [-0.15, -0.1) is 0 Å². The predicted molar refractivity (Wildman–Crippen MR) is 89.9 cm³/mol. The summed E-state index contributed by atoms with van der Waals surface area (Å²) in [4.78, 5) is 31.1. The molecule has 128 valence electrons. The second kappa shape index (κ2) is 6.78. The van der Waals surface area contributed by atoms with Gasteiger partial charge in [0, 0.05) is 7.05 Å². The number of aliphatic hydroxyl groups is 1. The molecule has 1 saturated heterocycles. The molecule has 3 amide bonds. The molecule has 0 aromatic heterocycles. The Morgan fingerprint density at radius 2 is 2.08 bits per heavy atom. The first-order valence-corrected chi connectivity index (χ1v) is 8.20. The third-order valence-electron chi connectivity index (χ3n) is 3.90. The molecular formula is C15H17BrN4O4. The Labute approximate surface area is 147 Å². The number of hydrogen-bond donors (Lipinski definition) is 2. The van der Waals surface area contributed by atoms with Crippen molar-refractivity contribution in [1.29, 1.82) is 0 Å². The van der Waals surface area contributed by atoms with Crippen LogP contribution in [0.1, 0.15) is 0 Å². The minimum Gasteiger partial charge on any atom is -0.491 e. The van der Waals surface area contributed by atoms with Crippen molar-refractivity contribution in [2.45, 2.75) is 18.3 Å². The number of benzene rings is 1. The van der Waals surface area contributed by atoms with Crippen LogP contribution in [0, 0.1) is 0 Å². The van der Waals surface area contributed by atoms with Crippen LogP contribution in [-0.4, -0.2) is 70.1 Å². The van der Waals surface area contributed by atoms with E-state index in [0.29, 0.717) is 10.5 Å². The minimum absolute atomic E-state index is 0.0779. The largest absolute Gasteiger partial charge is 0.491 e. The Kier molecular flexibility index (Phi) is 4.72. The van der Waals surface area contributed by atoms with E-state index in [4.69, 9.17) is 4.74 Å². The van der Waals surface area contributed by atoms with E-state index in [1.54, 1.807) is 24.1 Å². The molecule has 2 heterocycles. The lowest BCUT2D eigenvalue weighted by Gasteiger charge is -2.36. The summed E-state index contributed by atoms with van der Waals surface area (Å²) in [7, 11) is 1.57. The minimum atomic E-state index is -0.831. The number of nitrogens with zero attached hydrogens (tertiary/aromatic N) is 3. The van der Waals surface area contributed by atoms with Crippen LogP contribution in [0.4, 0.5) is 4.79 Å². The fourth-order valence-corrected chi connectivity index (χ4v) is 3.25. The molecule has 0 bridgehead atoms. The lowest BCUT2D eigenvalue weighted by Crippen LogP contribution is -2.64. The van der Waals surface area contributed by atoms with Crippen LogP contribution in [0.25, 0.3) is 0 Å². The normalized spacial score (nSPS) is 24.4. The van der Waals surface area contributed by atoms with Crippen molar-refractivity contribution in [3.63, 3.8) is 0 Å². The van der Waals surface area contributed by atoms with Gasteiger partial charge in [-0.3, -0.25) is 10.1 Å². The molecule has 3 unspecified atom stereocenters. The van der Waals surface area contributed by atoms with Crippen molar-refractivity contribution in [2.75, 3.05) is 20.2 Å². The Morgan fingerprint density at radius 1 is 1.38 bits per heavy atom. The quantitative estimate of drug-likeness (QED) is 0.701. The number of amidine groups is 1. The molecule has 9 heteroatoms. The number of rotatable bonds is 5. The van der Waals surface area contributed by atoms with Crippen LogP contribution in [0.15, 0.2) is 35.3 Å². The standard InChI is InChI=1S/C15H17BrN4O4/c1-19-12-11(13(22)18-15(19)23)20(14(16)17-12)7-9(21)8-24-10-5-3-2-4-6-10/h2-6,9,11-12,21H,7-8H2,1H3,(H,18,22,23). The van der Waals surface area contributed by atoms with Crippen LogP contribution in [-0.2, 0) is 4.79 Å². The number of ether oxygens (including phenoxy) is 1. The summed E-state index contributed by atoms with van der Waals surface area (Å²) in [5.74, 6) is 0.224. The smallest absolute Gasteiger partial charge is 0.325 e. The zero-order valence-electron chi connectivity index (χ0n) is 12.9. The summed E-state index contributed by atoms with van der Waals surface area (Å²) in [6.07, 6.45) is -1.44. The number of aliphatic hydroxyl groups excluding tert-OH is 1. The first kappa shape index (κ1) is 16.7. The van der Waals surface area contributed by atoms with Gasteiger partial charge in [0.15, 0.2) is 17.0 Å². The van der Waals surface area contributed by atoms with Gasteiger partial charge in [-0.25, -0.2) is 9.79 Å². The number of urea groups is 1. The van der Waals surface area contributed by atoms with E-state index in [0.717, 1.165) is 0 Å². The summed E-state index contributed by atoms with van der Waals surface area (Å²) < 4.78 is 5.94. The van der Waals surface area contributed by atoms with E-state index in [1.165, 1.54) is 4.90 Å². The average Bonchev–Trinajstić information content (AvgIpc) is 2.89. The van der Waals surface area contributed by atoms with Crippen molar-refractivity contribution in [1.82, 2.24) is 15.1 Å². The van der Waals surface area contributed by atoms with Crippen LogP contribution >= 0.6 is 15.9 Å². The summed E-state index contributed by atoms with van der Waals surface area (Å²) in [5.41, 5.74) is 0. The summed E-state index contributed by atoms with van der Waals surface area (Å²) in [6.45, 7) is 0.224. The molecule has 0 saturated carbocycles. The molecule has 1 aromatic rings. The van der Waals surface area contributed by atoms with Crippen LogP contribution in [0.5, 0.6) is 5.75 Å². The van der Waals surface area contributed by atoms with Crippen LogP contribution in [0.3, 0.4) is 0 Å². The number of carbonyl (C=O) groups is 2. The van der Waals surface area contributed by atoms with Gasteiger partial charge in [0.05, 0.1) is 6.54 Å².